The van der Waals surface area contributed by atoms with E-state index in [1.807, 2.05) is 0 Å². The summed E-state index contributed by atoms with van der Waals surface area (Å²) in [4.78, 5) is 24.9. The molecular formula is C11H8N4O4S. The van der Waals surface area contributed by atoms with Crippen LogP contribution in [0.2, 0.25) is 0 Å². The molecule has 0 saturated carbocycles. The van der Waals surface area contributed by atoms with Crippen molar-refractivity contribution in [3.05, 3.63) is 56.6 Å². The molecule has 20 heavy (non-hydrogen) atoms. The van der Waals surface area contributed by atoms with Gasteiger partial charge in [0.1, 0.15) is 5.82 Å². The molecule has 0 aliphatic rings. The Morgan fingerprint density at radius 2 is 1.65 bits per heavy atom. The molecule has 0 amide bonds. The van der Waals surface area contributed by atoms with Gasteiger partial charge >= 0.3 is 5.69 Å². The van der Waals surface area contributed by atoms with Crippen molar-refractivity contribution in [1.82, 2.24) is 4.98 Å². The molecule has 1 heterocycles. The van der Waals surface area contributed by atoms with Crippen LogP contribution >= 0.6 is 11.8 Å². The number of non-ortho nitro benzene ring substituents is 1. The highest BCUT2D eigenvalue weighted by molar-refractivity contribution is 7.99. The molecule has 0 unspecified atom stereocenters. The number of hydrogen-bond acceptors (Lipinski definition) is 7. The molecule has 0 spiro atoms. The third kappa shape index (κ3) is 3.01. The Labute approximate surface area is 116 Å². The molecule has 2 rings (SSSR count). The topological polar surface area (TPSA) is 125 Å². The maximum absolute atomic E-state index is 10.9. The predicted molar refractivity (Wildman–Crippen MR) is 72.5 cm³/mol. The van der Waals surface area contributed by atoms with Crippen molar-refractivity contribution >= 4 is 29.0 Å². The number of anilines is 1. The molecule has 0 aliphatic carbocycles. The van der Waals surface area contributed by atoms with Crippen LogP contribution in [-0.2, 0) is 0 Å². The Morgan fingerprint density at radius 1 is 1.00 bits per heavy atom. The summed E-state index contributed by atoms with van der Waals surface area (Å²) >= 11 is 1.02. The summed E-state index contributed by atoms with van der Waals surface area (Å²) in [6.07, 6.45) is 0. The van der Waals surface area contributed by atoms with Crippen LogP contribution in [-0.4, -0.2) is 14.8 Å². The van der Waals surface area contributed by atoms with Gasteiger partial charge in [0.05, 0.1) is 9.85 Å². The molecule has 0 radical (unpaired) electrons. The highest BCUT2D eigenvalue weighted by Crippen LogP contribution is 2.34. The van der Waals surface area contributed by atoms with Gasteiger partial charge in [0.25, 0.3) is 5.69 Å². The molecule has 102 valence electrons. The molecule has 2 N–H and O–H groups in total. The largest absolute Gasteiger partial charge is 0.384 e. The number of aromatic nitrogens is 1. The van der Waals surface area contributed by atoms with Crippen LogP contribution in [0.25, 0.3) is 0 Å². The Kier molecular flexibility index (Phi) is 3.80. The Bertz CT molecular complexity index is 675. The van der Waals surface area contributed by atoms with E-state index in [4.69, 9.17) is 5.73 Å². The lowest BCUT2D eigenvalue weighted by molar-refractivity contribution is -0.388. The Balaban J connectivity index is 2.31. The molecule has 9 heteroatoms. The van der Waals surface area contributed by atoms with E-state index in [0.717, 1.165) is 11.8 Å². The van der Waals surface area contributed by atoms with Crippen LogP contribution in [0.15, 0.2) is 46.3 Å². The van der Waals surface area contributed by atoms with Crippen molar-refractivity contribution in [2.24, 2.45) is 0 Å². The van der Waals surface area contributed by atoms with Gasteiger partial charge in [0.2, 0.25) is 0 Å². The van der Waals surface area contributed by atoms with E-state index in [9.17, 15) is 20.2 Å². The second kappa shape index (κ2) is 5.53. The van der Waals surface area contributed by atoms with Crippen molar-refractivity contribution in [2.75, 3.05) is 5.73 Å². The Morgan fingerprint density at radius 3 is 2.20 bits per heavy atom. The second-order valence-corrected chi connectivity index (χ2v) is 4.73. The van der Waals surface area contributed by atoms with Crippen molar-refractivity contribution in [3.8, 4) is 0 Å². The quantitative estimate of drug-likeness (QED) is 0.678. The van der Waals surface area contributed by atoms with Gasteiger partial charge in [-0.1, -0.05) is 11.8 Å². The number of nitro benzene ring substituents is 1. The normalized spacial score (nSPS) is 10.2. The Hall–Kier alpha value is -2.68. The summed E-state index contributed by atoms with van der Waals surface area (Å²) in [6.45, 7) is 0. The fraction of sp³-hybridized carbons (Fsp3) is 0. The molecule has 0 fully saturated rings. The van der Waals surface area contributed by atoms with Gasteiger partial charge in [-0.25, -0.2) is 4.98 Å². The summed E-state index contributed by atoms with van der Waals surface area (Å²) in [7, 11) is 0. The standard InChI is InChI=1S/C11H8N4O4S/c12-10-6-5-9(15(18)19)11(13-10)20-8-3-1-7(2-4-8)14(16)17/h1-6H,(H2,12,13). The van der Waals surface area contributed by atoms with Gasteiger partial charge in [-0.3, -0.25) is 20.2 Å². The summed E-state index contributed by atoms with van der Waals surface area (Å²) in [5, 5.41) is 21.6. The first-order valence-electron chi connectivity index (χ1n) is 5.30. The van der Waals surface area contributed by atoms with Gasteiger partial charge in [-0.2, -0.15) is 0 Å². The molecule has 8 nitrogen and oxygen atoms in total. The van der Waals surface area contributed by atoms with E-state index in [1.54, 1.807) is 0 Å². The van der Waals surface area contributed by atoms with Gasteiger partial charge in [-0.15, -0.1) is 0 Å². The minimum Gasteiger partial charge on any atom is -0.384 e. The molecule has 1 aromatic carbocycles. The molecule has 0 aliphatic heterocycles. The summed E-state index contributed by atoms with van der Waals surface area (Å²) in [6, 6.07) is 8.25. The number of hydrogen-bond donors (Lipinski definition) is 1. The molecule has 0 atom stereocenters. The van der Waals surface area contributed by atoms with Crippen LogP contribution in [0.4, 0.5) is 17.2 Å². The first-order valence-corrected chi connectivity index (χ1v) is 6.12. The lowest BCUT2D eigenvalue weighted by atomic mass is 10.3. The monoisotopic (exact) mass is 292 g/mol. The summed E-state index contributed by atoms with van der Waals surface area (Å²) in [5.74, 6) is 0.167. The van der Waals surface area contributed by atoms with Crippen LogP contribution in [0.1, 0.15) is 0 Å². The highest BCUT2D eigenvalue weighted by atomic mass is 32.2. The molecule has 0 saturated heterocycles. The zero-order valence-corrected chi connectivity index (χ0v) is 10.7. The van der Waals surface area contributed by atoms with Crippen LogP contribution < -0.4 is 5.73 Å². The van der Waals surface area contributed by atoms with E-state index >= 15 is 0 Å². The van der Waals surface area contributed by atoms with Crippen molar-refractivity contribution in [2.45, 2.75) is 9.92 Å². The fourth-order valence-corrected chi connectivity index (χ4v) is 2.30. The van der Waals surface area contributed by atoms with E-state index in [0.29, 0.717) is 4.90 Å². The van der Waals surface area contributed by atoms with Crippen molar-refractivity contribution < 1.29 is 9.85 Å². The number of rotatable bonds is 4. The number of pyridine rings is 1. The molecule has 2 aromatic rings. The maximum Gasteiger partial charge on any atom is 0.301 e. The third-order valence-corrected chi connectivity index (χ3v) is 3.32. The lowest BCUT2D eigenvalue weighted by Crippen LogP contribution is -1.97. The van der Waals surface area contributed by atoms with Gasteiger partial charge < -0.3 is 5.73 Å². The van der Waals surface area contributed by atoms with Crippen molar-refractivity contribution in [1.29, 1.82) is 0 Å². The SMILES string of the molecule is Nc1ccc([N+](=O)[O-])c(Sc2ccc([N+](=O)[O-])cc2)n1. The summed E-state index contributed by atoms with van der Waals surface area (Å²) < 4.78 is 0. The van der Waals surface area contributed by atoms with E-state index in [-0.39, 0.29) is 22.2 Å². The second-order valence-electron chi connectivity index (χ2n) is 3.67. The zero-order valence-electron chi connectivity index (χ0n) is 9.92. The third-order valence-electron chi connectivity index (χ3n) is 2.32. The minimum absolute atomic E-state index is 0.0515. The fourth-order valence-electron chi connectivity index (χ4n) is 1.41. The van der Waals surface area contributed by atoms with E-state index < -0.39 is 9.85 Å². The first kappa shape index (κ1) is 13.7. The van der Waals surface area contributed by atoms with Gasteiger partial charge in [0.15, 0.2) is 5.03 Å². The number of benzene rings is 1. The molecule has 0 bridgehead atoms. The number of nitro groups is 2. The zero-order chi connectivity index (χ0) is 14.7. The van der Waals surface area contributed by atoms with Crippen LogP contribution in [0, 0.1) is 20.2 Å². The average molecular weight is 292 g/mol. The minimum atomic E-state index is -0.555. The lowest BCUT2D eigenvalue weighted by Gasteiger charge is -2.03. The van der Waals surface area contributed by atoms with Gasteiger partial charge in [-0.05, 0) is 18.2 Å². The number of nitrogens with zero attached hydrogens (tertiary/aromatic N) is 3. The number of nitrogen functional groups attached to an aromatic ring is 1. The van der Waals surface area contributed by atoms with Crippen molar-refractivity contribution in [3.63, 3.8) is 0 Å². The van der Waals surface area contributed by atoms with Crippen LogP contribution in [0.3, 0.4) is 0 Å². The molecule has 1 aromatic heterocycles. The number of nitrogens with two attached hydrogens (primary N) is 1. The van der Waals surface area contributed by atoms with Crippen LogP contribution in [0.5, 0.6) is 0 Å². The van der Waals surface area contributed by atoms with E-state index in [1.165, 1.54) is 36.4 Å². The predicted octanol–water partition coefficient (Wildman–Crippen LogP) is 2.63. The summed E-state index contributed by atoms with van der Waals surface area (Å²) in [5.41, 5.74) is 5.29. The van der Waals surface area contributed by atoms with E-state index in [2.05, 4.69) is 4.98 Å². The van der Waals surface area contributed by atoms with Gasteiger partial charge in [0, 0.05) is 23.1 Å². The maximum atomic E-state index is 10.9. The average Bonchev–Trinajstić information content (AvgIpc) is 2.39. The first-order chi connectivity index (χ1) is 9.47. The smallest absolute Gasteiger partial charge is 0.301 e. The highest BCUT2D eigenvalue weighted by Gasteiger charge is 2.17. The molecular weight excluding hydrogens is 284 g/mol.